The Kier molecular flexibility index (Phi) is 20.2. The maximum atomic E-state index is 11.8. The van der Waals surface area contributed by atoms with Crippen molar-refractivity contribution in [2.75, 3.05) is 9.80 Å². The molecule has 0 aliphatic rings. The van der Waals surface area contributed by atoms with Crippen LogP contribution >= 0.6 is 15.9 Å². The molecule has 10 nitrogen and oxygen atoms in total. The molecule has 0 aliphatic heterocycles. The molecule has 11 heteroatoms. The monoisotopic (exact) mass is 1740 g/mol. The van der Waals surface area contributed by atoms with Crippen LogP contribution < -0.4 is 9.80 Å². The summed E-state index contributed by atoms with van der Waals surface area (Å²) in [7, 11) is 0. The number of aromatic amines is 1. The number of benzene rings is 21. The first kappa shape index (κ1) is 78.6. The van der Waals surface area contributed by atoms with E-state index in [1.165, 1.54) is 114 Å². The fourth-order valence-electron chi connectivity index (χ4n) is 20.0. The molecule has 131 heavy (non-hydrogen) atoms. The third-order valence-electron chi connectivity index (χ3n) is 25.3. The molecule has 0 amide bonds. The van der Waals surface area contributed by atoms with E-state index >= 15 is 0 Å². The van der Waals surface area contributed by atoms with E-state index in [1.807, 2.05) is 78.9 Å². The van der Waals surface area contributed by atoms with Crippen molar-refractivity contribution in [3.8, 4) is 33.9 Å². The molecule has 21 aromatic carbocycles. The van der Waals surface area contributed by atoms with Crippen molar-refractivity contribution in [3.05, 3.63) is 500 Å². The number of nitro benzene ring substituents is 1. The summed E-state index contributed by atoms with van der Waals surface area (Å²) < 4.78 is 10.7. The van der Waals surface area contributed by atoms with Crippen LogP contribution in [-0.4, -0.2) is 28.2 Å². The second-order valence-electron chi connectivity index (χ2n) is 32.8. The van der Waals surface area contributed by atoms with Gasteiger partial charge in [0.15, 0.2) is 0 Å². The average molecular weight is 1750 g/mol. The molecular formula is C120H81BrN8O2. The minimum Gasteiger partial charge on any atom is -0.354 e. The van der Waals surface area contributed by atoms with Crippen LogP contribution in [0, 0.1) is 10.1 Å². The molecule has 620 valence electrons. The summed E-state index contributed by atoms with van der Waals surface area (Å²) in [5.41, 5.74) is 24.9. The van der Waals surface area contributed by atoms with Crippen LogP contribution in [0.1, 0.15) is 0 Å². The molecule has 0 fully saturated rings. The minimum absolute atomic E-state index is 0.115. The number of nitrogens with zero attached hydrogens (tertiary/aromatic N) is 7. The van der Waals surface area contributed by atoms with Crippen molar-refractivity contribution in [1.29, 1.82) is 0 Å². The Morgan fingerprint density at radius 2 is 0.557 bits per heavy atom. The Hall–Kier alpha value is -17.1. The summed E-state index contributed by atoms with van der Waals surface area (Å²) in [6.07, 6.45) is 0. The molecule has 0 saturated carbocycles. The molecule has 5 aromatic heterocycles. The summed E-state index contributed by atoms with van der Waals surface area (Å²) >= 11 is 3.55. The van der Waals surface area contributed by atoms with Gasteiger partial charge in [-0.05, 0) is 186 Å². The molecule has 26 rings (SSSR count). The highest BCUT2D eigenvalue weighted by atomic mass is 79.9. The van der Waals surface area contributed by atoms with E-state index in [1.54, 1.807) is 12.1 Å². The second kappa shape index (κ2) is 33.7. The number of aromatic nitrogens is 5. The standard InChI is InChI=1S/C46H31N3.C28H18N2O2.C28H18N2.C18H14BrN/c1-4-17-32(18-5-1)47(33-19-6-2-7-20-33)35-23-16-24-36(31-35)49-41-29-14-12-27-39(41)43-37-25-10-11-26-38(37)45-44(46(43)49)40-28-13-15-30-42(40)48(45)34-21-8-3-9-22-34;31-30(32)27-17-9-7-13-21(27)24-18-25-22-14-6-8-16-26(22)29(19-10-2-1-3-11-19)28(25)23-15-5-4-12-20(23)24;1-2-10-18(11-3-1)30-24-17-9-7-15-22(24)26-27-25(21-14-6-8-16-23(21)29-27)19-12-4-5-13-20(19)28(26)30;19-15-8-7-13-18(14-15)20(16-9-3-1-4-10-16)17-11-5-2-6-12-17/h1-31H;1-18H;1-17,29H;1-14H. The van der Waals surface area contributed by atoms with E-state index in [-0.39, 0.29) is 10.6 Å². The first-order valence-electron chi connectivity index (χ1n) is 44.1. The van der Waals surface area contributed by atoms with E-state index < -0.39 is 0 Å². The zero-order chi connectivity index (χ0) is 87.4. The van der Waals surface area contributed by atoms with E-state index in [0.29, 0.717) is 5.56 Å². The molecule has 0 atom stereocenters. The smallest absolute Gasteiger partial charge is 0.277 e. The van der Waals surface area contributed by atoms with Gasteiger partial charge in [0.1, 0.15) is 0 Å². The fourth-order valence-corrected chi connectivity index (χ4v) is 20.3. The predicted octanol–water partition coefficient (Wildman–Crippen LogP) is 33.5. The zero-order valence-corrected chi connectivity index (χ0v) is 72.6. The molecular weight excluding hydrogens is 1670 g/mol. The Labute approximate surface area is 763 Å². The number of nitrogens with one attached hydrogen (secondary N) is 1. The minimum atomic E-state index is -0.304. The number of para-hydroxylation sites is 13. The van der Waals surface area contributed by atoms with Crippen molar-refractivity contribution in [1.82, 2.24) is 23.3 Å². The van der Waals surface area contributed by atoms with Gasteiger partial charge in [0.25, 0.3) is 5.69 Å². The summed E-state index contributed by atoms with van der Waals surface area (Å²) in [6, 6.07) is 170. The number of halogens is 1. The number of nitro groups is 1. The SMILES string of the molecule is Brc1cccc(N(c2ccccc2)c2ccccc2)c1.O=[N+]([O-])c1ccccc1-c1cc2c3ccccc3n(-c3ccccc3)c2c2ccccc12.c1ccc(-n2c3ccccc3c3c4[nH]c5ccccc5c4c4ccccc4c32)cc1.c1ccc(N(c2ccccc2)c2cccc(-n3c4ccccc4c4c5ccccc5c5c(c6ccccc6n5-c5ccccc5)c43)c2)cc1. The van der Waals surface area contributed by atoms with Gasteiger partial charge in [-0.15, -0.1) is 0 Å². The summed E-state index contributed by atoms with van der Waals surface area (Å²) in [5.74, 6) is 0. The maximum Gasteiger partial charge on any atom is 0.277 e. The quantitative estimate of drug-likeness (QED) is 0.0976. The number of fused-ring (bicyclic) bond motifs is 25. The van der Waals surface area contributed by atoms with Gasteiger partial charge in [-0.3, -0.25) is 10.1 Å². The van der Waals surface area contributed by atoms with Crippen LogP contribution in [0.2, 0.25) is 0 Å². The highest BCUT2D eigenvalue weighted by molar-refractivity contribution is 9.10. The number of rotatable bonds is 12. The number of anilines is 6. The fraction of sp³-hybridized carbons (Fsp3) is 0. The van der Waals surface area contributed by atoms with Crippen LogP contribution in [0.15, 0.2) is 490 Å². The molecule has 0 spiro atoms. The van der Waals surface area contributed by atoms with Crippen LogP contribution in [0.4, 0.5) is 39.8 Å². The summed E-state index contributed by atoms with van der Waals surface area (Å²) in [6.45, 7) is 0. The van der Waals surface area contributed by atoms with Crippen molar-refractivity contribution >= 4 is 197 Å². The molecule has 0 radical (unpaired) electrons. The average Bonchev–Trinajstić information content (AvgIpc) is 1.52. The Morgan fingerprint density at radius 1 is 0.229 bits per heavy atom. The Balaban J connectivity index is 0.000000104. The van der Waals surface area contributed by atoms with E-state index in [4.69, 9.17) is 0 Å². The maximum absolute atomic E-state index is 11.8. The Bertz CT molecular complexity index is 8760. The molecule has 5 heterocycles. The lowest BCUT2D eigenvalue weighted by Gasteiger charge is -2.26. The third kappa shape index (κ3) is 13.7. The Morgan fingerprint density at radius 3 is 1.05 bits per heavy atom. The number of hydrogen-bond donors (Lipinski definition) is 1. The molecule has 1 N–H and O–H groups in total. The highest BCUT2D eigenvalue weighted by Gasteiger charge is 2.28. The first-order valence-corrected chi connectivity index (χ1v) is 44.9. The first-order chi connectivity index (χ1) is 64.9. The normalized spacial score (nSPS) is 11.5. The van der Waals surface area contributed by atoms with Crippen molar-refractivity contribution < 1.29 is 4.92 Å². The van der Waals surface area contributed by atoms with Gasteiger partial charge in [0, 0.05) is 143 Å². The highest BCUT2D eigenvalue weighted by Crippen LogP contribution is 2.51. The predicted molar refractivity (Wildman–Crippen MR) is 554 cm³/mol. The van der Waals surface area contributed by atoms with Crippen molar-refractivity contribution in [2.45, 2.75) is 0 Å². The van der Waals surface area contributed by atoms with Gasteiger partial charge < -0.3 is 33.1 Å². The van der Waals surface area contributed by atoms with Crippen LogP contribution in [0.25, 0.3) is 175 Å². The topological polar surface area (TPSA) is 85.1 Å². The van der Waals surface area contributed by atoms with E-state index in [0.717, 1.165) is 93.8 Å². The molecule has 0 aliphatic carbocycles. The van der Waals surface area contributed by atoms with Gasteiger partial charge in [-0.2, -0.15) is 0 Å². The van der Waals surface area contributed by atoms with Gasteiger partial charge in [0.05, 0.1) is 60.1 Å². The van der Waals surface area contributed by atoms with E-state index in [2.05, 4.69) is 443 Å². The van der Waals surface area contributed by atoms with Crippen molar-refractivity contribution in [2.24, 2.45) is 0 Å². The lowest BCUT2D eigenvalue weighted by Crippen LogP contribution is -2.10. The van der Waals surface area contributed by atoms with Gasteiger partial charge in [0.2, 0.25) is 0 Å². The third-order valence-corrected chi connectivity index (χ3v) is 25.8. The van der Waals surface area contributed by atoms with Gasteiger partial charge in [-0.1, -0.05) is 331 Å². The van der Waals surface area contributed by atoms with Crippen LogP contribution in [-0.2, 0) is 0 Å². The van der Waals surface area contributed by atoms with Crippen LogP contribution in [0.3, 0.4) is 0 Å². The summed E-state index contributed by atoms with van der Waals surface area (Å²) in [5, 5.41) is 31.3. The van der Waals surface area contributed by atoms with Crippen molar-refractivity contribution in [3.63, 3.8) is 0 Å². The molecule has 0 unspecified atom stereocenters. The summed E-state index contributed by atoms with van der Waals surface area (Å²) in [4.78, 5) is 19.8. The number of hydrogen-bond acceptors (Lipinski definition) is 4. The zero-order valence-electron chi connectivity index (χ0n) is 71.0. The van der Waals surface area contributed by atoms with Gasteiger partial charge >= 0.3 is 0 Å². The van der Waals surface area contributed by atoms with Crippen LogP contribution in [0.5, 0.6) is 0 Å². The largest absolute Gasteiger partial charge is 0.354 e. The lowest BCUT2D eigenvalue weighted by atomic mass is 9.94. The van der Waals surface area contributed by atoms with E-state index in [9.17, 15) is 10.1 Å². The molecule has 0 saturated heterocycles. The molecule has 26 aromatic rings. The second-order valence-corrected chi connectivity index (χ2v) is 33.7. The van der Waals surface area contributed by atoms with Gasteiger partial charge in [-0.25, -0.2) is 0 Å². The molecule has 0 bridgehead atoms. The lowest BCUT2D eigenvalue weighted by molar-refractivity contribution is -0.384. The number of H-pyrrole nitrogens is 1.